The summed E-state index contributed by atoms with van der Waals surface area (Å²) in [6, 6.07) is 4.65. The van der Waals surface area contributed by atoms with Crippen molar-refractivity contribution in [1.82, 2.24) is 0 Å². The van der Waals surface area contributed by atoms with Crippen LogP contribution in [0, 0.1) is 5.92 Å². The number of anilines is 1. The van der Waals surface area contributed by atoms with Crippen molar-refractivity contribution in [2.24, 2.45) is 5.92 Å². The summed E-state index contributed by atoms with van der Waals surface area (Å²) in [5.74, 6) is -1.66. The van der Waals surface area contributed by atoms with Gasteiger partial charge in [0.05, 0.1) is 11.5 Å². The van der Waals surface area contributed by atoms with E-state index < -0.39 is 23.6 Å². The lowest BCUT2D eigenvalue weighted by Crippen LogP contribution is -2.19. The number of nitrogens with one attached hydrogen (secondary N) is 1. The van der Waals surface area contributed by atoms with Gasteiger partial charge in [-0.1, -0.05) is 13.0 Å². The van der Waals surface area contributed by atoms with Crippen molar-refractivity contribution in [1.29, 1.82) is 0 Å². The highest BCUT2D eigenvalue weighted by Crippen LogP contribution is 2.30. The smallest absolute Gasteiger partial charge is 0.416 e. The summed E-state index contributed by atoms with van der Waals surface area (Å²) in [6.45, 7) is 1.56. The SMILES string of the molecule is CC(CNc1cccc(C(F)(F)F)c1)C(=O)O. The van der Waals surface area contributed by atoms with Gasteiger partial charge in [-0.25, -0.2) is 0 Å². The lowest BCUT2D eigenvalue weighted by atomic mass is 10.1. The number of aliphatic carboxylic acids is 1. The Kier molecular flexibility index (Phi) is 3.98. The maximum atomic E-state index is 12.4. The van der Waals surface area contributed by atoms with Crippen LogP contribution in [0.3, 0.4) is 0 Å². The average molecular weight is 247 g/mol. The van der Waals surface area contributed by atoms with Gasteiger partial charge < -0.3 is 10.4 Å². The Hall–Kier alpha value is -1.72. The van der Waals surface area contributed by atoms with Gasteiger partial charge in [0, 0.05) is 12.2 Å². The molecule has 2 N–H and O–H groups in total. The van der Waals surface area contributed by atoms with Gasteiger partial charge in [-0.15, -0.1) is 0 Å². The van der Waals surface area contributed by atoms with Crippen molar-refractivity contribution in [2.45, 2.75) is 13.1 Å². The molecule has 6 heteroatoms. The third-order valence-electron chi connectivity index (χ3n) is 2.22. The Balaban J connectivity index is 2.70. The van der Waals surface area contributed by atoms with Gasteiger partial charge in [0.15, 0.2) is 0 Å². The summed E-state index contributed by atoms with van der Waals surface area (Å²) in [5, 5.41) is 11.3. The molecule has 17 heavy (non-hydrogen) atoms. The minimum Gasteiger partial charge on any atom is -0.481 e. The standard InChI is InChI=1S/C11H12F3NO2/c1-7(10(16)17)6-15-9-4-2-3-8(5-9)11(12,13)14/h2-5,7,15H,6H2,1H3,(H,16,17). The highest BCUT2D eigenvalue weighted by Gasteiger charge is 2.30. The molecule has 0 bridgehead atoms. The second-order valence-corrected chi connectivity index (χ2v) is 3.70. The second-order valence-electron chi connectivity index (χ2n) is 3.70. The zero-order valence-electron chi connectivity index (χ0n) is 9.08. The van der Waals surface area contributed by atoms with Crippen molar-refractivity contribution in [3.63, 3.8) is 0 Å². The molecule has 0 aromatic heterocycles. The van der Waals surface area contributed by atoms with E-state index in [0.29, 0.717) is 0 Å². The van der Waals surface area contributed by atoms with Crippen molar-refractivity contribution in [2.75, 3.05) is 11.9 Å². The van der Waals surface area contributed by atoms with Crippen molar-refractivity contribution < 1.29 is 23.1 Å². The van der Waals surface area contributed by atoms with Crippen LogP contribution in [-0.4, -0.2) is 17.6 Å². The second kappa shape index (κ2) is 5.07. The molecule has 94 valence electrons. The zero-order valence-corrected chi connectivity index (χ0v) is 9.08. The summed E-state index contributed by atoms with van der Waals surface area (Å²) in [5.41, 5.74) is -0.501. The van der Waals surface area contributed by atoms with E-state index in [1.807, 2.05) is 0 Å². The van der Waals surface area contributed by atoms with Crippen molar-refractivity contribution in [3.8, 4) is 0 Å². The normalized spacial score (nSPS) is 13.2. The highest BCUT2D eigenvalue weighted by molar-refractivity contribution is 5.70. The zero-order chi connectivity index (χ0) is 13.1. The van der Waals surface area contributed by atoms with Gasteiger partial charge in [-0.3, -0.25) is 4.79 Å². The van der Waals surface area contributed by atoms with Crippen LogP contribution in [0.25, 0.3) is 0 Å². The Morgan fingerprint density at radius 1 is 1.47 bits per heavy atom. The van der Waals surface area contributed by atoms with E-state index in [4.69, 9.17) is 5.11 Å². The highest BCUT2D eigenvalue weighted by atomic mass is 19.4. The number of hydrogen-bond donors (Lipinski definition) is 2. The quantitative estimate of drug-likeness (QED) is 0.860. The van der Waals surface area contributed by atoms with Crippen LogP contribution in [0.1, 0.15) is 12.5 Å². The van der Waals surface area contributed by atoms with Crippen LogP contribution < -0.4 is 5.32 Å². The van der Waals surface area contributed by atoms with Gasteiger partial charge in [-0.2, -0.15) is 13.2 Å². The molecule has 1 unspecified atom stereocenters. The molecule has 0 heterocycles. The first-order valence-corrected chi connectivity index (χ1v) is 4.94. The number of benzene rings is 1. The number of carboxylic acid groups (broad SMARTS) is 1. The molecule has 1 aromatic carbocycles. The number of alkyl halides is 3. The fourth-order valence-corrected chi connectivity index (χ4v) is 1.16. The Morgan fingerprint density at radius 3 is 2.65 bits per heavy atom. The molecule has 3 nitrogen and oxygen atoms in total. The number of carbonyl (C=O) groups is 1. The first kappa shape index (κ1) is 13.3. The first-order chi connectivity index (χ1) is 7.80. The molecule has 0 fully saturated rings. The molecule has 0 aliphatic carbocycles. The lowest BCUT2D eigenvalue weighted by molar-refractivity contribution is -0.140. The molecule has 0 saturated carbocycles. The number of halogens is 3. The Morgan fingerprint density at radius 2 is 2.12 bits per heavy atom. The third kappa shape index (κ3) is 3.97. The summed E-state index contributed by atoms with van der Waals surface area (Å²) < 4.78 is 37.1. The molecule has 1 atom stereocenters. The summed E-state index contributed by atoms with van der Waals surface area (Å²) in [7, 11) is 0. The van der Waals surface area contributed by atoms with Crippen molar-refractivity contribution in [3.05, 3.63) is 29.8 Å². The van der Waals surface area contributed by atoms with Crippen LogP contribution in [0.15, 0.2) is 24.3 Å². The lowest BCUT2D eigenvalue weighted by Gasteiger charge is -2.12. The van der Waals surface area contributed by atoms with Crippen LogP contribution >= 0.6 is 0 Å². The summed E-state index contributed by atoms with van der Waals surface area (Å²) >= 11 is 0. The van der Waals surface area contributed by atoms with Gasteiger partial charge in [0.2, 0.25) is 0 Å². The van der Waals surface area contributed by atoms with E-state index in [1.54, 1.807) is 0 Å². The Labute approximate surface area is 96.3 Å². The van der Waals surface area contributed by atoms with Gasteiger partial charge in [0.25, 0.3) is 0 Å². The summed E-state index contributed by atoms with van der Waals surface area (Å²) in [4.78, 5) is 10.5. The monoisotopic (exact) mass is 247 g/mol. The molecular weight excluding hydrogens is 235 g/mol. The number of carboxylic acids is 1. The van der Waals surface area contributed by atoms with Gasteiger partial charge in [0.1, 0.15) is 0 Å². The molecule has 0 spiro atoms. The average Bonchev–Trinajstić information content (AvgIpc) is 2.25. The van der Waals surface area contributed by atoms with Crippen LogP contribution in [0.5, 0.6) is 0 Å². The third-order valence-corrected chi connectivity index (χ3v) is 2.22. The van der Waals surface area contributed by atoms with E-state index in [1.165, 1.54) is 19.1 Å². The summed E-state index contributed by atoms with van der Waals surface area (Å²) in [6.07, 6.45) is -4.39. The fourth-order valence-electron chi connectivity index (χ4n) is 1.16. The molecule has 0 aliphatic rings. The predicted molar refractivity (Wildman–Crippen MR) is 56.7 cm³/mol. The molecule has 1 aromatic rings. The number of hydrogen-bond acceptors (Lipinski definition) is 2. The molecule has 0 saturated heterocycles. The largest absolute Gasteiger partial charge is 0.481 e. The van der Waals surface area contributed by atoms with Crippen molar-refractivity contribution >= 4 is 11.7 Å². The molecule has 0 radical (unpaired) electrons. The number of rotatable bonds is 4. The van der Waals surface area contributed by atoms with E-state index in [2.05, 4.69) is 5.32 Å². The van der Waals surface area contributed by atoms with E-state index in [-0.39, 0.29) is 12.2 Å². The minimum absolute atomic E-state index is 0.0800. The van der Waals surface area contributed by atoms with E-state index in [9.17, 15) is 18.0 Å². The van der Waals surface area contributed by atoms with Gasteiger partial charge >= 0.3 is 12.1 Å². The topological polar surface area (TPSA) is 49.3 Å². The van der Waals surface area contributed by atoms with Crippen LogP contribution in [0.2, 0.25) is 0 Å². The predicted octanol–water partition coefficient (Wildman–Crippen LogP) is 2.84. The van der Waals surface area contributed by atoms with Crippen LogP contribution in [0.4, 0.5) is 18.9 Å². The maximum absolute atomic E-state index is 12.4. The van der Waals surface area contributed by atoms with E-state index in [0.717, 1.165) is 12.1 Å². The Bertz CT molecular complexity index is 404. The molecule has 0 amide bonds. The first-order valence-electron chi connectivity index (χ1n) is 4.94. The van der Waals surface area contributed by atoms with Gasteiger partial charge in [-0.05, 0) is 18.2 Å². The minimum atomic E-state index is -4.39. The maximum Gasteiger partial charge on any atom is 0.416 e. The van der Waals surface area contributed by atoms with Crippen LogP contribution in [-0.2, 0) is 11.0 Å². The molecule has 0 aliphatic heterocycles. The molecular formula is C11H12F3NO2. The molecule has 1 rings (SSSR count). The van der Waals surface area contributed by atoms with E-state index >= 15 is 0 Å². The fraction of sp³-hybridized carbons (Fsp3) is 0.364.